The van der Waals surface area contributed by atoms with Crippen molar-refractivity contribution in [3.8, 4) is 28.7 Å². The molecule has 0 aliphatic carbocycles. The normalized spacial score (nSPS) is 11.0. The summed E-state index contributed by atoms with van der Waals surface area (Å²) in [6, 6.07) is 8.40. The Kier molecular flexibility index (Phi) is 12.4. The van der Waals surface area contributed by atoms with Gasteiger partial charge in [-0.15, -0.1) is 0 Å². The number of amides is 1. The molecule has 8 nitrogen and oxygen atoms in total. The summed E-state index contributed by atoms with van der Waals surface area (Å²) in [5.74, 6) is 1.38. The van der Waals surface area contributed by atoms with E-state index in [9.17, 15) is 4.79 Å². The molecule has 3 aromatic rings. The number of carbonyl (C=O) groups is 1. The van der Waals surface area contributed by atoms with E-state index in [2.05, 4.69) is 10.5 Å². The second-order valence-corrected chi connectivity index (χ2v) is 9.95. The van der Waals surface area contributed by atoms with Crippen LogP contribution in [0.25, 0.3) is 0 Å². The largest absolute Gasteiger partial charge is 0.496 e. The molecular formula is C28H27Cl5N2O6. The molecule has 0 bridgehead atoms. The van der Waals surface area contributed by atoms with Gasteiger partial charge in [-0.3, -0.25) is 4.79 Å². The predicted octanol–water partition coefficient (Wildman–Crippen LogP) is 8.50. The monoisotopic (exact) mass is 662 g/mol. The van der Waals surface area contributed by atoms with Crippen LogP contribution in [0.4, 0.5) is 0 Å². The van der Waals surface area contributed by atoms with E-state index in [1.165, 1.54) is 13.3 Å². The van der Waals surface area contributed by atoms with Crippen molar-refractivity contribution >= 4 is 70.1 Å². The summed E-state index contributed by atoms with van der Waals surface area (Å²) in [5.41, 5.74) is 4.08. The molecule has 0 aromatic heterocycles. The van der Waals surface area contributed by atoms with E-state index in [1.807, 2.05) is 20.8 Å². The lowest BCUT2D eigenvalue weighted by Crippen LogP contribution is -2.18. The minimum atomic E-state index is -0.468. The second kappa shape index (κ2) is 15.5. The summed E-state index contributed by atoms with van der Waals surface area (Å²) in [4.78, 5) is 12.9. The van der Waals surface area contributed by atoms with Gasteiger partial charge in [0.2, 0.25) is 5.75 Å². The van der Waals surface area contributed by atoms with Crippen LogP contribution in [0.2, 0.25) is 25.1 Å². The van der Waals surface area contributed by atoms with Crippen LogP contribution in [-0.4, -0.2) is 39.1 Å². The summed E-state index contributed by atoms with van der Waals surface area (Å²) >= 11 is 30.9. The Morgan fingerprint density at radius 1 is 0.756 bits per heavy atom. The number of carbonyl (C=O) groups excluding carboxylic acids is 1. The van der Waals surface area contributed by atoms with Crippen molar-refractivity contribution in [3.63, 3.8) is 0 Å². The molecule has 0 spiro atoms. The van der Waals surface area contributed by atoms with Crippen molar-refractivity contribution in [3.05, 3.63) is 72.1 Å². The van der Waals surface area contributed by atoms with Gasteiger partial charge in [0.05, 0.1) is 48.2 Å². The van der Waals surface area contributed by atoms with Crippen molar-refractivity contribution < 1.29 is 28.5 Å². The highest BCUT2D eigenvalue weighted by atomic mass is 35.5. The number of hydrogen-bond donors (Lipinski definition) is 1. The van der Waals surface area contributed by atoms with Crippen LogP contribution in [0.5, 0.6) is 28.7 Å². The van der Waals surface area contributed by atoms with Crippen molar-refractivity contribution in [1.82, 2.24) is 5.43 Å². The van der Waals surface area contributed by atoms with Crippen molar-refractivity contribution in [2.45, 2.75) is 27.4 Å². The average molecular weight is 665 g/mol. The Morgan fingerprint density at radius 3 is 1.85 bits per heavy atom. The number of methoxy groups -OCH3 is 1. The first kappa shape index (κ1) is 32.8. The van der Waals surface area contributed by atoms with Crippen LogP contribution in [0.3, 0.4) is 0 Å². The fourth-order valence-electron chi connectivity index (χ4n) is 3.60. The molecule has 0 unspecified atom stereocenters. The van der Waals surface area contributed by atoms with Crippen LogP contribution in [0.15, 0.2) is 35.4 Å². The van der Waals surface area contributed by atoms with E-state index in [4.69, 9.17) is 81.7 Å². The Labute approximate surface area is 263 Å². The molecule has 0 saturated carbocycles. The minimum absolute atomic E-state index is 0.00245. The maximum atomic E-state index is 12.9. The number of benzene rings is 3. The molecule has 0 aliphatic rings. The fourth-order valence-corrected chi connectivity index (χ4v) is 4.83. The third-order valence-electron chi connectivity index (χ3n) is 5.40. The predicted molar refractivity (Wildman–Crippen MR) is 164 cm³/mol. The van der Waals surface area contributed by atoms with E-state index in [0.29, 0.717) is 53.9 Å². The molecule has 3 aromatic carbocycles. The van der Waals surface area contributed by atoms with Gasteiger partial charge in [0.15, 0.2) is 17.2 Å². The second-order valence-electron chi connectivity index (χ2n) is 8.06. The van der Waals surface area contributed by atoms with E-state index in [1.54, 1.807) is 30.3 Å². The summed E-state index contributed by atoms with van der Waals surface area (Å²) in [6.45, 7) is 6.70. The lowest BCUT2D eigenvalue weighted by molar-refractivity contribution is 0.0954. The van der Waals surface area contributed by atoms with Crippen molar-refractivity contribution in [2.75, 3.05) is 26.9 Å². The van der Waals surface area contributed by atoms with Crippen LogP contribution >= 0.6 is 58.0 Å². The number of rotatable bonds is 13. The summed E-state index contributed by atoms with van der Waals surface area (Å²) in [6.07, 6.45) is 1.47. The van der Waals surface area contributed by atoms with Gasteiger partial charge in [0.25, 0.3) is 5.91 Å². The van der Waals surface area contributed by atoms with Gasteiger partial charge in [0.1, 0.15) is 22.4 Å². The number of hydrazone groups is 1. The Morgan fingerprint density at radius 2 is 1.32 bits per heavy atom. The lowest BCUT2D eigenvalue weighted by Gasteiger charge is -2.16. The lowest BCUT2D eigenvalue weighted by atomic mass is 10.1. The fraction of sp³-hybridized carbons (Fsp3) is 0.286. The SMILES string of the molecule is CCOc1cc(C(=O)NN=Cc2ccc(OC)c(COc3c(Cl)c(Cl)c(Cl)c(Cl)c3Cl)c2)cc(OCC)c1OCC. The number of nitrogens with one attached hydrogen (secondary N) is 1. The number of nitrogens with zero attached hydrogens (tertiary/aromatic N) is 1. The Bertz CT molecular complexity index is 1380. The third kappa shape index (κ3) is 7.96. The topological polar surface area (TPSA) is 87.6 Å². The van der Waals surface area contributed by atoms with Gasteiger partial charge in [-0.25, -0.2) is 5.43 Å². The van der Waals surface area contributed by atoms with Gasteiger partial charge in [-0.05, 0) is 56.7 Å². The van der Waals surface area contributed by atoms with Crippen LogP contribution in [-0.2, 0) is 6.61 Å². The zero-order valence-electron chi connectivity index (χ0n) is 22.6. The summed E-state index contributed by atoms with van der Waals surface area (Å²) in [5, 5.41) is 4.23. The maximum Gasteiger partial charge on any atom is 0.271 e. The van der Waals surface area contributed by atoms with Gasteiger partial charge in [0, 0.05) is 11.1 Å². The highest BCUT2D eigenvalue weighted by Crippen LogP contribution is 2.48. The number of hydrogen-bond acceptors (Lipinski definition) is 7. The first-order valence-corrected chi connectivity index (χ1v) is 14.3. The Balaban J connectivity index is 1.80. The maximum absolute atomic E-state index is 12.9. The molecule has 0 atom stereocenters. The number of ether oxygens (including phenoxy) is 5. The average Bonchev–Trinajstić information content (AvgIpc) is 2.96. The molecule has 3 rings (SSSR count). The van der Waals surface area contributed by atoms with Crippen LogP contribution in [0.1, 0.15) is 42.3 Å². The third-order valence-corrected chi connectivity index (χ3v) is 7.64. The molecule has 0 saturated heterocycles. The van der Waals surface area contributed by atoms with Crippen molar-refractivity contribution in [2.24, 2.45) is 5.10 Å². The molecular weight excluding hydrogens is 638 g/mol. The molecule has 41 heavy (non-hydrogen) atoms. The molecule has 1 N–H and O–H groups in total. The van der Waals surface area contributed by atoms with Gasteiger partial charge in [-0.1, -0.05) is 58.0 Å². The van der Waals surface area contributed by atoms with E-state index >= 15 is 0 Å². The van der Waals surface area contributed by atoms with Gasteiger partial charge in [-0.2, -0.15) is 5.10 Å². The molecule has 13 heteroatoms. The summed E-state index contributed by atoms with van der Waals surface area (Å²) < 4.78 is 28.3. The first-order chi connectivity index (χ1) is 19.7. The molecule has 0 heterocycles. The standard InChI is InChI=1S/C28H27Cl5N2O6/c1-5-38-19-11-16(12-20(39-6-2)26(19)40-7-3)28(36)35-34-13-15-8-9-18(37-4)17(10-15)14-41-27-24(32)22(30)21(29)23(31)25(27)33/h8-13H,5-7,14H2,1-4H3,(H,35,36). The number of halogens is 5. The zero-order valence-corrected chi connectivity index (χ0v) is 26.4. The van der Waals surface area contributed by atoms with Crippen LogP contribution in [0, 0.1) is 0 Å². The summed E-state index contributed by atoms with van der Waals surface area (Å²) in [7, 11) is 1.52. The van der Waals surface area contributed by atoms with Crippen LogP contribution < -0.4 is 29.1 Å². The molecule has 1 amide bonds. The van der Waals surface area contributed by atoms with Gasteiger partial charge < -0.3 is 23.7 Å². The highest BCUT2D eigenvalue weighted by molar-refractivity contribution is 6.55. The zero-order chi connectivity index (χ0) is 30.1. The van der Waals surface area contributed by atoms with E-state index in [0.717, 1.165) is 0 Å². The molecule has 220 valence electrons. The highest BCUT2D eigenvalue weighted by Gasteiger charge is 2.21. The molecule has 0 radical (unpaired) electrons. The first-order valence-electron chi connectivity index (χ1n) is 12.4. The molecule has 0 aliphatic heterocycles. The Hall–Kier alpha value is -2.75. The van der Waals surface area contributed by atoms with E-state index in [-0.39, 0.29) is 43.0 Å². The van der Waals surface area contributed by atoms with E-state index < -0.39 is 5.91 Å². The smallest absolute Gasteiger partial charge is 0.271 e. The molecule has 0 fully saturated rings. The van der Waals surface area contributed by atoms with Gasteiger partial charge >= 0.3 is 0 Å². The van der Waals surface area contributed by atoms with Crippen molar-refractivity contribution in [1.29, 1.82) is 0 Å². The quantitative estimate of drug-likeness (QED) is 0.0854. The minimum Gasteiger partial charge on any atom is -0.496 e.